The Morgan fingerprint density at radius 3 is 2.57 bits per heavy atom. The number of nitrogens with zero attached hydrogens (tertiary/aromatic N) is 1. The van der Waals surface area contributed by atoms with Gasteiger partial charge in [-0.25, -0.2) is 8.42 Å². The molecule has 0 saturated carbocycles. The molecular formula is C16H27NO5S. The summed E-state index contributed by atoms with van der Waals surface area (Å²) in [5.41, 5.74) is -0.316. The Balaban J connectivity index is 1.57. The maximum atomic E-state index is 12.6. The average Bonchev–Trinajstić information content (AvgIpc) is 2.82. The van der Waals surface area contributed by atoms with Gasteiger partial charge in [0, 0.05) is 13.1 Å². The molecule has 0 radical (unpaired) electrons. The molecule has 1 amide bonds. The van der Waals surface area contributed by atoms with Crippen LogP contribution in [0.4, 0.5) is 0 Å². The predicted molar refractivity (Wildman–Crippen MR) is 85.9 cm³/mol. The molecule has 3 saturated heterocycles. The first-order chi connectivity index (χ1) is 10.7. The number of sulfone groups is 1. The number of carbonyl (C=O) groups excluding carboxylic acids is 1. The second kappa shape index (κ2) is 6.01. The topological polar surface area (TPSA) is 72.9 Å². The molecule has 0 aromatic carbocycles. The zero-order chi connectivity index (χ0) is 16.7. The smallest absolute Gasteiger partial charge is 0.225 e. The molecule has 132 valence electrons. The quantitative estimate of drug-likeness (QED) is 0.746. The van der Waals surface area contributed by atoms with Gasteiger partial charge >= 0.3 is 0 Å². The van der Waals surface area contributed by atoms with E-state index in [0.717, 1.165) is 6.42 Å². The van der Waals surface area contributed by atoms with E-state index in [2.05, 4.69) is 13.8 Å². The van der Waals surface area contributed by atoms with Crippen molar-refractivity contribution in [2.75, 3.05) is 37.8 Å². The molecule has 7 heteroatoms. The van der Waals surface area contributed by atoms with Crippen molar-refractivity contribution in [1.29, 1.82) is 0 Å². The lowest BCUT2D eigenvalue weighted by Crippen LogP contribution is -2.56. The Morgan fingerprint density at radius 1 is 1.26 bits per heavy atom. The number of hydrogen-bond acceptors (Lipinski definition) is 5. The number of rotatable bonds is 2. The van der Waals surface area contributed by atoms with Crippen LogP contribution < -0.4 is 0 Å². The normalized spacial score (nSPS) is 32.1. The minimum absolute atomic E-state index is 0.00280. The monoisotopic (exact) mass is 345 g/mol. The van der Waals surface area contributed by atoms with E-state index in [1.807, 2.05) is 4.90 Å². The van der Waals surface area contributed by atoms with Crippen LogP contribution in [0.15, 0.2) is 0 Å². The molecule has 0 bridgehead atoms. The summed E-state index contributed by atoms with van der Waals surface area (Å²) in [5.74, 6) is 0.424. The van der Waals surface area contributed by atoms with Gasteiger partial charge in [-0.05, 0) is 24.7 Å². The van der Waals surface area contributed by atoms with E-state index < -0.39 is 15.4 Å². The number of carbonyl (C=O) groups is 1. The first kappa shape index (κ1) is 17.2. The van der Waals surface area contributed by atoms with Gasteiger partial charge in [0.2, 0.25) is 5.91 Å². The maximum Gasteiger partial charge on any atom is 0.225 e. The fraction of sp³-hybridized carbons (Fsp3) is 0.938. The van der Waals surface area contributed by atoms with Crippen LogP contribution in [0.3, 0.4) is 0 Å². The fourth-order valence-electron chi connectivity index (χ4n) is 3.80. The highest BCUT2D eigenvalue weighted by Crippen LogP contribution is 2.34. The molecule has 3 heterocycles. The maximum absolute atomic E-state index is 12.6. The van der Waals surface area contributed by atoms with Gasteiger partial charge < -0.3 is 14.4 Å². The van der Waals surface area contributed by atoms with Crippen LogP contribution in [0.5, 0.6) is 0 Å². The fourth-order valence-corrected chi connectivity index (χ4v) is 5.37. The van der Waals surface area contributed by atoms with Gasteiger partial charge in [0.15, 0.2) is 9.84 Å². The van der Waals surface area contributed by atoms with Crippen molar-refractivity contribution in [3.63, 3.8) is 0 Å². The summed E-state index contributed by atoms with van der Waals surface area (Å²) in [6.07, 6.45) is 2.31. The van der Waals surface area contributed by atoms with Crippen molar-refractivity contribution in [3.05, 3.63) is 0 Å². The van der Waals surface area contributed by atoms with E-state index >= 15 is 0 Å². The number of amides is 1. The summed E-state index contributed by atoms with van der Waals surface area (Å²) in [6, 6.07) is 0. The molecule has 3 aliphatic heterocycles. The molecule has 23 heavy (non-hydrogen) atoms. The predicted octanol–water partition coefficient (Wildman–Crippen LogP) is 0.998. The summed E-state index contributed by atoms with van der Waals surface area (Å²) in [7, 11) is -2.93. The van der Waals surface area contributed by atoms with E-state index in [-0.39, 0.29) is 28.9 Å². The number of ether oxygens (including phenoxy) is 2. The summed E-state index contributed by atoms with van der Waals surface area (Å²) in [5, 5.41) is 0. The highest BCUT2D eigenvalue weighted by atomic mass is 32.2. The van der Waals surface area contributed by atoms with Crippen molar-refractivity contribution in [1.82, 2.24) is 4.90 Å². The zero-order valence-electron chi connectivity index (χ0n) is 14.0. The molecule has 0 aromatic heterocycles. The van der Waals surface area contributed by atoms with Gasteiger partial charge in [-0.3, -0.25) is 4.79 Å². The number of morpholine rings is 1. The SMILES string of the molecule is CC1(C)COC(CC(=O)N2CCOC3(CCS(=O)(=O)CC3)C2)C1. The lowest BCUT2D eigenvalue weighted by molar-refractivity contribution is -0.154. The van der Waals surface area contributed by atoms with Crippen LogP contribution >= 0.6 is 0 Å². The highest BCUT2D eigenvalue weighted by Gasteiger charge is 2.43. The molecule has 1 atom stereocenters. The van der Waals surface area contributed by atoms with Crippen molar-refractivity contribution >= 4 is 15.7 Å². The van der Waals surface area contributed by atoms with E-state index in [0.29, 0.717) is 45.6 Å². The van der Waals surface area contributed by atoms with Gasteiger partial charge in [-0.1, -0.05) is 13.8 Å². The highest BCUT2D eigenvalue weighted by molar-refractivity contribution is 7.91. The van der Waals surface area contributed by atoms with Crippen molar-refractivity contribution in [2.24, 2.45) is 5.41 Å². The van der Waals surface area contributed by atoms with Crippen LogP contribution in [-0.2, 0) is 24.1 Å². The van der Waals surface area contributed by atoms with Crippen LogP contribution in [0.25, 0.3) is 0 Å². The van der Waals surface area contributed by atoms with Gasteiger partial charge in [-0.2, -0.15) is 0 Å². The van der Waals surface area contributed by atoms with Gasteiger partial charge in [0.05, 0.1) is 42.8 Å². The van der Waals surface area contributed by atoms with E-state index in [4.69, 9.17) is 9.47 Å². The molecule has 0 aromatic rings. The third-order valence-corrected chi connectivity index (χ3v) is 6.88. The Morgan fingerprint density at radius 2 is 1.96 bits per heavy atom. The molecule has 0 aliphatic carbocycles. The summed E-state index contributed by atoms with van der Waals surface area (Å²) >= 11 is 0. The van der Waals surface area contributed by atoms with E-state index in [9.17, 15) is 13.2 Å². The van der Waals surface area contributed by atoms with E-state index in [1.54, 1.807) is 0 Å². The summed E-state index contributed by atoms with van der Waals surface area (Å²) < 4.78 is 34.9. The third-order valence-electron chi connectivity index (χ3n) is 5.23. The lowest BCUT2D eigenvalue weighted by Gasteiger charge is -2.44. The minimum atomic E-state index is -2.93. The standard InChI is InChI=1S/C16H27NO5S/c1-15(2)10-13(21-12-15)9-14(18)17-5-6-22-16(11-17)3-7-23(19,20)8-4-16/h13H,3-12H2,1-2H3. The van der Waals surface area contributed by atoms with Crippen molar-refractivity contribution in [3.8, 4) is 0 Å². The number of hydrogen-bond donors (Lipinski definition) is 0. The van der Waals surface area contributed by atoms with Crippen LogP contribution in [-0.4, -0.2) is 68.7 Å². The van der Waals surface area contributed by atoms with Crippen LogP contribution in [0, 0.1) is 5.41 Å². The Bertz CT molecular complexity index is 557. The third kappa shape index (κ3) is 4.06. The first-order valence-corrected chi connectivity index (χ1v) is 10.2. The Labute approximate surface area is 138 Å². The first-order valence-electron chi connectivity index (χ1n) is 8.43. The second-order valence-electron chi connectivity index (χ2n) is 8.00. The molecule has 3 fully saturated rings. The molecule has 0 N–H and O–H groups in total. The summed E-state index contributed by atoms with van der Waals surface area (Å²) in [6.45, 7) is 6.60. The molecule has 3 aliphatic rings. The summed E-state index contributed by atoms with van der Waals surface area (Å²) in [4.78, 5) is 14.4. The molecule has 1 unspecified atom stereocenters. The Hall–Kier alpha value is -0.660. The van der Waals surface area contributed by atoms with Gasteiger partial charge in [0.25, 0.3) is 0 Å². The zero-order valence-corrected chi connectivity index (χ0v) is 14.9. The van der Waals surface area contributed by atoms with Crippen molar-refractivity contribution < 1.29 is 22.7 Å². The van der Waals surface area contributed by atoms with Gasteiger partial charge in [-0.15, -0.1) is 0 Å². The minimum Gasteiger partial charge on any atom is -0.377 e. The molecule has 6 nitrogen and oxygen atoms in total. The van der Waals surface area contributed by atoms with Crippen LogP contribution in [0.1, 0.15) is 39.5 Å². The molecular weight excluding hydrogens is 318 g/mol. The molecule has 3 rings (SSSR count). The second-order valence-corrected chi connectivity index (χ2v) is 10.3. The molecule has 1 spiro atoms. The van der Waals surface area contributed by atoms with Gasteiger partial charge in [0.1, 0.15) is 0 Å². The van der Waals surface area contributed by atoms with Crippen molar-refractivity contribution in [2.45, 2.75) is 51.2 Å². The average molecular weight is 345 g/mol. The lowest BCUT2D eigenvalue weighted by atomic mass is 9.89. The Kier molecular flexibility index (Phi) is 4.48. The van der Waals surface area contributed by atoms with E-state index in [1.165, 1.54) is 0 Å². The largest absolute Gasteiger partial charge is 0.377 e. The van der Waals surface area contributed by atoms with Crippen LogP contribution in [0.2, 0.25) is 0 Å².